The van der Waals surface area contributed by atoms with E-state index in [0.29, 0.717) is 11.1 Å². The number of nitro groups is 1. The van der Waals surface area contributed by atoms with Gasteiger partial charge in [0.2, 0.25) is 0 Å². The first-order valence-corrected chi connectivity index (χ1v) is 5.99. The molecule has 0 saturated carbocycles. The van der Waals surface area contributed by atoms with E-state index in [0.717, 1.165) is 0 Å². The molecule has 1 aromatic carbocycles. The Morgan fingerprint density at radius 2 is 2.26 bits per heavy atom. The van der Waals surface area contributed by atoms with Crippen molar-refractivity contribution in [3.8, 4) is 6.07 Å². The highest BCUT2D eigenvalue weighted by molar-refractivity contribution is 6.17. The number of ether oxygens (including phenoxy) is 1. The fourth-order valence-corrected chi connectivity index (χ4v) is 1.95. The van der Waals surface area contributed by atoms with Crippen molar-refractivity contribution < 1.29 is 14.5 Å². The average molecular weight is 283 g/mol. The van der Waals surface area contributed by atoms with Crippen molar-refractivity contribution in [3.05, 3.63) is 38.9 Å². The maximum atomic E-state index is 11.4. The topological polar surface area (TPSA) is 93.2 Å². The van der Waals surface area contributed by atoms with E-state index in [1.165, 1.54) is 12.1 Å². The number of carbonyl (C=O) groups is 1. The number of nitrogens with zero attached hydrogens (tertiary/aromatic N) is 2. The van der Waals surface area contributed by atoms with E-state index in [9.17, 15) is 14.9 Å². The molecular formula is C12H11ClN2O4. The molecule has 0 N–H and O–H groups in total. The van der Waals surface area contributed by atoms with Crippen LogP contribution >= 0.6 is 11.6 Å². The number of hydrogen-bond donors (Lipinski definition) is 0. The normalized spacial score (nSPS) is 9.74. The van der Waals surface area contributed by atoms with Crippen molar-refractivity contribution in [2.24, 2.45) is 0 Å². The molecule has 0 atom stereocenters. The molecule has 0 saturated heterocycles. The molecule has 0 fully saturated rings. The number of halogens is 1. The average Bonchev–Trinajstić information content (AvgIpc) is 2.37. The Balaban J connectivity index is 3.25. The van der Waals surface area contributed by atoms with Gasteiger partial charge in [-0.1, -0.05) is 6.07 Å². The van der Waals surface area contributed by atoms with Crippen LogP contribution in [0.25, 0.3) is 0 Å². The molecule has 0 heterocycles. The summed E-state index contributed by atoms with van der Waals surface area (Å²) in [6.07, 6.45) is -0.0669. The lowest BCUT2D eigenvalue weighted by Crippen LogP contribution is -2.10. The smallest absolute Gasteiger partial charge is 0.310 e. The molecule has 6 nitrogen and oxygen atoms in total. The summed E-state index contributed by atoms with van der Waals surface area (Å²) in [5.74, 6) is -0.550. The molecule has 0 aliphatic carbocycles. The lowest BCUT2D eigenvalue weighted by molar-refractivity contribution is -0.385. The van der Waals surface area contributed by atoms with E-state index in [2.05, 4.69) is 0 Å². The van der Waals surface area contributed by atoms with E-state index in [1.54, 1.807) is 13.0 Å². The van der Waals surface area contributed by atoms with Gasteiger partial charge in [-0.2, -0.15) is 5.26 Å². The van der Waals surface area contributed by atoms with Crippen molar-refractivity contribution in [3.63, 3.8) is 0 Å². The highest BCUT2D eigenvalue weighted by Crippen LogP contribution is 2.26. The Hall–Kier alpha value is -2.13. The number of nitriles is 1. The molecule has 0 amide bonds. The molecule has 0 radical (unpaired) electrons. The SMILES string of the molecule is CCOC(=O)Cc1ccc([N+](=O)[O-])c(C#N)c1CCl. The molecule has 19 heavy (non-hydrogen) atoms. The summed E-state index contributed by atoms with van der Waals surface area (Å²) in [5.41, 5.74) is 0.342. The van der Waals surface area contributed by atoms with E-state index in [-0.39, 0.29) is 30.2 Å². The molecule has 1 aromatic rings. The van der Waals surface area contributed by atoms with Crippen LogP contribution in [0.15, 0.2) is 12.1 Å². The zero-order valence-corrected chi connectivity index (χ0v) is 10.9. The second kappa shape index (κ2) is 6.71. The first kappa shape index (κ1) is 14.9. The Kier molecular flexibility index (Phi) is 5.27. The second-order valence-corrected chi connectivity index (χ2v) is 3.85. The maximum Gasteiger partial charge on any atom is 0.310 e. The minimum atomic E-state index is -0.650. The minimum absolute atomic E-state index is 0.0669. The molecule has 100 valence electrons. The van der Waals surface area contributed by atoms with Gasteiger partial charge >= 0.3 is 5.97 Å². The maximum absolute atomic E-state index is 11.4. The van der Waals surface area contributed by atoms with Crippen LogP contribution in [-0.4, -0.2) is 17.5 Å². The van der Waals surface area contributed by atoms with Gasteiger partial charge in [-0.25, -0.2) is 0 Å². The van der Waals surface area contributed by atoms with Gasteiger partial charge in [0.15, 0.2) is 0 Å². The second-order valence-electron chi connectivity index (χ2n) is 3.58. The van der Waals surface area contributed by atoms with Crippen LogP contribution in [0.3, 0.4) is 0 Å². The number of carbonyl (C=O) groups excluding carboxylic acids is 1. The van der Waals surface area contributed by atoms with Crippen molar-refractivity contribution in [2.75, 3.05) is 6.61 Å². The molecule has 0 aromatic heterocycles. The first-order chi connectivity index (χ1) is 9.04. The first-order valence-electron chi connectivity index (χ1n) is 5.45. The van der Waals surface area contributed by atoms with E-state index < -0.39 is 10.9 Å². The fourth-order valence-electron chi connectivity index (χ4n) is 1.64. The Labute approximate surface area is 114 Å². The molecule has 0 bridgehead atoms. The van der Waals surface area contributed by atoms with Crippen LogP contribution < -0.4 is 0 Å². The zero-order chi connectivity index (χ0) is 14.4. The third kappa shape index (κ3) is 3.42. The van der Waals surface area contributed by atoms with Crippen LogP contribution in [0.1, 0.15) is 23.6 Å². The minimum Gasteiger partial charge on any atom is -0.466 e. The summed E-state index contributed by atoms with van der Waals surface area (Å²) < 4.78 is 4.80. The summed E-state index contributed by atoms with van der Waals surface area (Å²) >= 11 is 5.73. The number of rotatable bonds is 5. The van der Waals surface area contributed by atoms with Gasteiger partial charge in [0, 0.05) is 11.9 Å². The number of hydrogen-bond acceptors (Lipinski definition) is 5. The third-order valence-electron chi connectivity index (χ3n) is 2.47. The van der Waals surface area contributed by atoms with Crippen molar-refractivity contribution in [2.45, 2.75) is 19.2 Å². The monoisotopic (exact) mass is 282 g/mol. The molecule has 0 aliphatic rings. The predicted octanol–water partition coefficient (Wildman–Crippen LogP) is 2.31. The number of nitro benzene ring substituents is 1. The number of esters is 1. The standard InChI is InChI=1S/C12H11ClN2O4/c1-2-19-12(16)5-8-3-4-11(15(17)18)10(7-14)9(8)6-13/h3-4H,2,5-6H2,1H3. The third-order valence-corrected chi connectivity index (χ3v) is 2.74. The molecular weight excluding hydrogens is 272 g/mol. The van der Waals surface area contributed by atoms with E-state index in [4.69, 9.17) is 21.6 Å². The summed E-state index contributed by atoms with van der Waals surface area (Å²) in [7, 11) is 0. The Morgan fingerprint density at radius 1 is 1.58 bits per heavy atom. The van der Waals surface area contributed by atoms with Crippen LogP contribution in [-0.2, 0) is 21.8 Å². The molecule has 0 unspecified atom stereocenters. The summed E-state index contributed by atoms with van der Waals surface area (Å²) in [6.45, 7) is 1.92. The van der Waals surface area contributed by atoms with Gasteiger partial charge in [0.1, 0.15) is 11.6 Å². The highest BCUT2D eigenvalue weighted by Gasteiger charge is 2.21. The largest absolute Gasteiger partial charge is 0.466 e. The summed E-state index contributed by atoms with van der Waals surface area (Å²) in [5, 5.41) is 19.8. The van der Waals surface area contributed by atoms with E-state index in [1.807, 2.05) is 0 Å². The van der Waals surface area contributed by atoms with Crippen LogP contribution in [0, 0.1) is 21.4 Å². The van der Waals surface area contributed by atoms with Crippen LogP contribution in [0.2, 0.25) is 0 Å². The number of benzene rings is 1. The van der Waals surface area contributed by atoms with Crippen LogP contribution in [0.5, 0.6) is 0 Å². The Bertz CT molecular complexity index is 551. The quantitative estimate of drug-likeness (QED) is 0.357. The van der Waals surface area contributed by atoms with Gasteiger partial charge in [-0.05, 0) is 18.1 Å². The highest BCUT2D eigenvalue weighted by atomic mass is 35.5. The van der Waals surface area contributed by atoms with Gasteiger partial charge in [0.25, 0.3) is 5.69 Å². The van der Waals surface area contributed by atoms with E-state index >= 15 is 0 Å². The molecule has 0 aliphatic heterocycles. The van der Waals surface area contributed by atoms with Gasteiger partial charge < -0.3 is 4.74 Å². The molecule has 7 heteroatoms. The van der Waals surface area contributed by atoms with Crippen molar-refractivity contribution in [1.82, 2.24) is 0 Å². The lowest BCUT2D eigenvalue weighted by Gasteiger charge is -2.08. The van der Waals surface area contributed by atoms with Gasteiger partial charge in [-0.15, -0.1) is 11.6 Å². The van der Waals surface area contributed by atoms with Crippen LogP contribution in [0.4, 0.5) is 5.69 Å². The lowest BCUT2D eigenvalue weighted by atomic mass is 9.99. The van der Waals surface area contributed by atoms with Crippen molar-refractivity contribution >= 4 is 23.3 Å². The summed E-state index contributed by atoms with van der Waals surface area (Å²) in [4.78, 5) is 21.6. The molecule has 0 spiro atoms. The number of alkyl halides is 1. The molecule has 1 rings (SSSR count). The van der Waals surface area contributed by atoms with Gasteiger partial charge in [-0.3, -0.25) is 14.9 Å². The Morgan fingerprint density at radius 3 is 2.74 bits per heavy atom. The fraction of sp³-hybridized carbons (Fsp3) is 0.333. The predicted molar refractivity (Wildman–Crippen MR) is 67.7 cm³/mol. The zero-order valence-electron chi connectivity index (χ0n) is 10.2. The van der Waals surface area contributed by atoms with Gasteiger partial charge in [0.05, 0.1) is 18.0 Å². The van der Waals surface area contributed by atoms with Crippen molar-refractivity contribution in [1.29, 1.82) is 5.26 Å². The summed E-state index contributed by atoms with van der Waals surface area (Å²) in [6, 6.07) is 4.39.